The Morgan fingerprint density at radius 3 is 1.00 bits per heavy atom. The second kappa shape index (κ2) is 11.8. The van der Waals surface area contributed by atoms with Gasteiger partial charge in [0, 0.05) is 0 Å². The zero-order valence-electron chi connectivity index (χ0n) is 24.1. The summed E-state index contributed by atoms with van der Waals surface area (Å²) >= 11 is 0. The van der Waals surface area contributed by atoms with E-state index < -0.39 is 11.1 Å². The first-order valence-corrected chi connectivity index (χ1v) is 14.7. The lowest BCUT2D eigenvalue weighted by atomic mass is 9.76. The molecular formula is C39H31N5. The van der Waals surface area contributed by atoms with Gasteiger partial charge in [0.05, 0.1) is 0 Å². The van der Waals surface area contributed by atoms with Crippen LogP contribution in [-0.4, -0.2) is 20.2 Å². The first-order valence-electron chi connectivity index (χ1n) is 14.7. The van der Waals surface area contributed by atoms with Crippen molar-refractivity contribution in [1.29, 1.82) is 0 Å². The predicted molar refractivity (Wildman–Crippen MR) is 175 cm³/mol. The van der Waals surface area contributed by atoms with E-state index in [4.69, 9.17) is 10.3 Å². The molecule has 1 aromatic heterocycles. The van der Waals surface area contributed by atoms with Gasteiger partial charge in [-0.25, -0.2) is 0 Å². The molecule has 0 bridgehead atoms. The summed E-state index contributed by atoms with van der Waals surface area (Å²) in [6.07, 6.45) is 0. The summed E-state index contributed by atoms with van der Waals surface area (Å²) in [5.41, 5.74) is 4.62. The molecule has 0 aliphatic rings. The zero-order valence-corrected chi connectivity index (χ0v) is 24.1. The molecular weight excluding hydrogens is 538 g/mol. The molecule has 7 aromatic rings. The van der Waals surface area contributed by atoms with E-state index in [1.54, 1.807) is 0 Å². The minimum absolute atomic E-state index is 0.526. The quantitative estimate of drug-likeness (QED) is 0.180. The molecule has 0 amide bonds. The summed E-state index contributed by atoms with van der Waals surface area (Å²) in [5, 5.41) is 17.7. The fourth-order valence-corrected chi connectivity index (χ4v) is 6.34. The Morgan fingerprint density at radius 1 is 0.386 bits per heavy atom. The van der Waals surface area contributed by atoms with Crippen LogP contribution >= 0.6 is 0 Å². The molecule has 5 heteroatoms. The summed E-state index contributed by atoms with van der Waals surface area (Å²) in [6.45, 7) is 0. The van der Waals surface area contributed by atoms with Crippen molar-refractivity contribution in [3.63, 3.8) is 0 Å². The van der Waals surface area contributed by atoms with Crippen LogP contribution in [0.25, 0.3) is 0 Å². The number of hydrogen-bond acceptors (Lipinski definition) is 4. The Kier molecular flexibility index (Phi) is 7.27. The Morgan fingerprint density at radius 2 is 0.682 bits per heavy atom. The van der Waals surface area contributed by atoms with Gasteiger partial charge in [-0.2, -0.15) is 4.68 Å². The molecule has 6 aromatic carbocycles. The fourth-order valence-electron chi connectivity index (χ4n) is 6.34. The molecule has 5 nitrogen and oxygen atoms in total. The summed E-state index contributed by atoms with van der Waals surface area (Å²) in [4.78, 5) is 0. The number of anilines is 1. The molecule has 212 valence electrons. The van der Waals surface area contributed by atoms with Gasteiger partial charge in [-0.1, -0.05) is 187 Å². The fraction of sp³-hybridized carbons (Fsp3) is 0.0513. The van der Waals surface area contributed by atoms with Crippen LogP contribution in [-0.2, 0) is 11.1 Å². The smallest absolute Gasteiger partial charge is 0.245 e. The third-order valence-electron chi connectivity index (χ3n) is 8.28. The average Bonchev–Trinajstić information content (AvgIpc) is 3.58. The maximum atomic E-state index is 4.78. The van der Waals surface area contributed by atoms with Crippen molar-refractivity contribution >= 4 is 5.95 Å². The molecule has 0 spiro atoms. The van der Waals surface area contributed by atoms with Crippen LogP contribution in [0.3, 0.4) is 0 Å². The van der Waals surface area contributed by atoms with E-state index in [9.17, 15) is 0 Å². The van der Waals surface area contributed by atoms with Crippen molar-refractivity contribution in [3.05, 3.63) is 215 Å². The Balaban J connectivity index is 1.55. The average molecular weight is 570 g/mol. The molecule has 1 N–H and O–H groups in total. The molecule has 1 heterocycles. The van der Waals surface area contributed by atoms with Crippen molar-refractivity contribution in [2.45, 2.75) is 11.1 Å². The van der Waals surface area contributed by atoms with Crippen LogP contribution in [0.4, 0.5) is 5.95 Å². The largest absolute Gasteiger partial charge is 0.335 e. The Bertz CT molecular complexity index is 1720. The van der Waals surface area contributed by atoms with Gasteiger partial charge in [-0.05, 0) is 43.8 Å². The highest BCUT2D eigenvalue weighted by Gasteiger charge is 2.44. The van der Waals surface area contributed by atoms with E-state index in [2.05, 4.69) is 156 Å². The van der Waals surface area contributed by atoms with E-state index >= 15 is 0 Å². The molecule has 0 atom stereocenters. The first kappa shape index (κ1) is 27.0. The number of rotatable bonds is 9. The van der Waals surface area contributed by atoms with E-state index in [0.717, 1.165) is 33.4 Å². The highest BCUT2D eigenvalue weighted by Crippen LogP contribution is 2.44. The first-order chi connectivity index (χ1) is 21.8. The maximum absolute atomic E-state index is 4.78. The lowest BCUT2D eigenvalue weighted by Crippen LogP contribution is -2.43. The van der Waals surface area contributed by atoms with Crippen LogP contribution < -0.4 is 5.32 Å². The van der Waals surface area contributed by atoms with E-state index in [-0.39, 0.29) is 0 Å². The highest BCUT2D eigenvalue weighted by atomic mass is 15.6. The van der Waals surface area contributed by atoms with Gasteiger partial charge in [-0.3, -0.25) is 0 Å². The second-order valence-corrected chi connectivity index (χ2v) is 10.7. The Labute approximate surface area is 257 Å². The SMILES string of the molecule is c1ccc(C(Nc2nnnn2C(c2ccccc2)(c2ccccc2)c2ccccc2)(c2ccccc2)c2ccccc2)cc1. The van der Waals surface area contributed by atoms with Crippen LogP contribution in [0.15, 0.2) is 182 Å². The third-order valence-corrected chi connectivity index (χ3v) is 8.28. The number of nitrogens with zero attached hydrogens (tertiary/aromatic N) is 4. The summed E-state index contributed by atoms with van der Waals surface area (Å²) in [6, 6.07) is 62.8. The van der Waals surface area contributed by atoms with Gasteiger partial charge < -0.3 is 5.32 Å². The van der Waals surface area contributed by atoms with E-state index in [0.29, 0.717) is 5.95 Å². The summed E-state index contributed by atoms with van der Waals surface area (Å²) in [5.74, 6) is 0.526. The minimum atomic E-state index is -0.884. The minimum Gasteiger partial charge on any atom is -0.335 e. The number of hydrogen-bond donors (Lipinski definition) is 1. The van der Waals surface area contributed by atoms with E-state index in [1.165, 1.54) is 0 Å². The standard InChI is InChI=1S/C39H31N5/c1-7-19-31(20-8-1)38(32-21-9-2-10-22-32,33-23-11-3-12-24-33)40-37-41-42-43-44(37)39(34-25-13-4-14-26-34,35-27-15-5-16-28-35)36-29-17-6-18-30-36/h1-30H,(H,40,41,43). The van der Waals surface area contributed by atoms with Gasteiger partial charge in [0.15, 0.2) is 0 Å². The molecule has 0 aliphatic heterocycles. The monoisotopic (exact) mass is 569 g/mol. The number of tetrazole rings is 1. The predicted octanol–water partition coefficient (Wildman–Crippen LogP) is 7.92. The van der Waals surface area contributed by atoms with Crippen molar-refractivity contribution in [1.82, 2.24) is 20.2 Å². The molecule has 7 rings (SSSR count). The molecule has 0 aliphatic carbocycles. The summed E-state index contributed by atoms with van der Waals surface area (Å²) < 4.78 is 1.94. The molecule has 0 saturated heterocycles. The topological polar surface area (TPSA) is 55.6 Å². The lowest BCUT2D eigenvalue weighted by molar-refractivity contribution is 0.448. The second-order valence-electron chi connectivity index (χ2n) is 10.7. The number of nitrogens with one attached hydrogen (secondary N) is 1. The van der Waals surface area contributed by atoms with Crippen LogP contribution in [0, 0.1) is 0 Å². The maximum Gasteiger partial charge on any atom is 0.245 e. The van der Waals surface area contributed by atoms with Gasteiger partial charge in [0.25, 0.3) is 0 Å². The number of aromatic nitrogens is 4. The van der Waals surface area contributed by atoms with Crippen molar-refractivity contribution in [2.75, 3.05) is 5.32 Å². The van der Waals surface area contributed by atoms with Crippen molar-refractivity contribution in [3.8, 4) is 0 Å². The lowest BCUT2D eigenvalue weighted by Gasteiger charge is -2.40. The van der Waals surface area contributed by atoms with Crippen LogP contribution in [0.1, 0.15) is 33.4 Å². The molecule has 0 fully saturated rings. The third kappa shape index (κ3) is 4.56. The van der Waals surface area contributed by atoms with Crippen LogP contribution in [0.5, 0.6) is 0 Å². The Hall–Kier alpha value is -5.81. The van der Waals surface area contributed by atoms with Crippen LogP contribution in [0.2, 0.25) is 0 Å². The van der Waals surface area contributed by atoms with Crippen molar-refractivity contribution < 1.29 is 0 Å². The van der Waals surface area contributed by atoms with Crippen molar-refractivity contribution in [2.24, 2.45) is 0 Å². The number of benzene rings is 6. The highest BCUT2D eigenvalue weighted by molar-refractivity contribution is 5.59. The van der Waals surface area contributed by atoms with Gasteiger partial charge in [0.2, 0.25) is 5.95 Å². The molecule has 0 radical (unpaired) electrons. The normalized spacial score (nSPS) is 11.6. The molecule has 44 heavy (non-hydrogen) atoms. The molecule has 0 unspecified atom stereocenters. The summed E-state index contributed by atoms with van der Waals surface area (Å²) in [7, 11) is 0. The van der Waals surface area contributed by atoms with E-state index in [1.807, 2.05) is 41.1 Å². The van der Waals surface area contributed by atoms with Gasteiger partial charge >= 0.3 is 0 Å². The van der Waals surface area contributed by atoms with Gasteiger partial charge in [-0.15, -0.1) is 0 Å². The van der Waals surface area contributed by atoms with Gasteiger partial charge in [0.1, 0.15) is 11.1 Å². The molecule has 0 saturated carbocycles. The zero-order chi connectivity index (χ0) is 29.7.